The zero-order valence-electron chi connectivity index (χ0n) is 13.9. The van der Waals surface area contributed by atoms with Crippen LogP contribution in [-0.2, 0) is 24.2 Å². The standard InChI is InChI=1S/C18H19N3OS3/c1-11-4-5-13-14(7-11)25-18-16(13)17(20-10-21-18)24-9-15(22)19-8-12-3-2-6-23-12/h2-3,6,10-11H,4-5,7-9H2,1H3,(H,19,22)/t11-/m0/s1. The fourth-order valence-electron chi connectivity index (χ4n) is 3.14. The fraction of sp³-hybridized carbons (Fsp3) is 0.389. The topological polar surface area (TPSA) is 54.9 Å². The Morgan fingerprint density at radius 1 is 1.44 bits per heavy atom. The number of hydrogen-bond acceptors (Lipinski definition) is 6. The minimum atomic E-state index is 0.0443. The van der Waals surface area contributed by atoms with E-state index in [9.17, 15) is 4.79 Å². The SMILES string of the molecule is C[C@H]1CCc2c(sc3ncnc(SCC(=O)NCc4cccs4)c23)C1. The minimum absolute atomic E-state index is 0.0443. The molecule has 0 saturated heterocycles. The number of fused-ring (bicyclic) bond motifs is 3. The van der Waals surface area contributed by atoms with E-state index in [1.54, 1.807) is 29.0 Å². The highest BCUT2D eigenvalue weighted by Gasteiger charge is 2.23. The zero-order valence-corrected chi connectivity index (χ0v) is 16.4. The van der Waals surface area contributed by atoms with E-state index in [1.165, 1.54) is 38.9 Å². The van der Waals surface area contributed by atoms with Gasteiger partial charge in [-0.05, 0) is 42.2 Å². The molecule has 1 atom stereocenters. The molecule has 3 heterocycles. The van der Waals surface area contributed by atoms with Crippen molar-refractivity contribution in [3.63, 3.8) is 0 Å². The molecule has 130 valence electrons. The van der Waals surface area contributed by atoms with Gasteiger partial charge in [0.2, 0.25) is 5.91 Å². The highest BCUT2D eigenvalue weighted by Crippen LogP contribution is 2.40. The van der Waals surface area contributed by atoms with Crippen molar-refractivity contribution in [2.24, 2.45) is 5.92 Å². The lowest BCUT2D eigenvalue weighted by molar-refractivity contribution is -0.118. The number of rotatable bonds is 5. The van der Waals surface area contributed by atoms with Crippen molar-refractivity contribution in [1.82, 2.24) is 15.3 Å². The van der Waals surface area contributed by atoms with Crippen molar-refractivity contribution >= 4 is 50.6 Å². The molecule has 0 fully saturated rings. The maximum absolute atomic E-state index is 12.1. The second kappa shape index (κ2) is 7.43. The van der Waals surface area contributed by atoms with Crippen LogP contribution in [0.3, 0.4) is 0 Å². The second-order valence-electron chi connectivity index (χ2n) is 6.36. The number of aromatic nitrogens is 2. The number of thioether (sulfide) groups is 1. The Morgan fingerprint density at radius 3 is 3.20 bits per heavy atom. The third-order valence-corrected chi connectivity index (χ3v) is 7.47. The molecule has 0 bridgehead atoms. The molecular weight excluding hydrogens is 370 g/mol. The van der Waals surface area contributed by atoms with Gasteiger partial charge in [-0.25, -0.2) is 9.97 Å². The lowest BCUT2D eigenvalue weighted by Crippen LogP contribution is -2.24. The van der Waals surface area contributed by atoms with Crippen molar-refractivity contribution in [2.75, 3.05) is 5.75 Å². The Morgan fingerprint density at radius 2 is 2.36 bits per heavy atom. The summed E-state index contributed by atoms with van der Waals surface area (Å²) in [7, 11) is 0. The van der Waals surface area contributed by atoms with Crippen LogP contribution in [0.2, 0.25) is 0 Å². The Labute approximate surface area is 159 Å². The van der Waals surface area contributed by atoms with Crippen LogP contribution in [0.1, 0.15) is 28.7 Å². The van der Waals surface area contributed by atoms with Gasteiger partial charge in [-0.3, -0.25) is 4.79 Å². The van der Waals surface area contributed by atoms with Gasteiger partial charge >= 0.3 is 0 Å². The van der Waals surface area contributed by atoms with Crippen molar-refractivity contribution in [3.05, 3.63) is 39.2 Å². The van der Waals surface area contributed by atoms with Crippen LogP contribution >= 0.6 is 34.4 Å². The Hall–Kier alpha value is -1.44. The van der Waals surface area contributed by atoms with E-state index in [2.05, 4.69) is 22.2 Å². The summed E-state index contributed by atoms with van der Waals surface area (Å²) < 4.78 is 0. The molecule has 0 spiro atoms. The molecule has 1 aliphatic carbocycles. The molecule has 0 unspecified atom stereocenters. The van der Waals surface area contributed by atoms with Crippen LogP contribution in [0.25, 0.3) is 10.2 Å². The molecule has 4 nitrogen and oxygen atoms in total. The van der Waals surface area contributed by atoms with Crippen LogP contribution in [-0.4, -0.2) is 21.6 Å². The summed E-state index contributed by atoms with van der Waals surface area (Å²) in [5.74, 6) is 1.17. The zero-order chi connectivity index (χ0) is 17.2. The van der Waals surface area contributed by atoms with Gasteiger partial charge in [0.15, 0.2) is 0 Å². The van der Waals surface area contributed by atoms with E-state index in [4.69, 9.17) is 0 Å². The molecule has 0 aliphatic heterocycles. The van der Waals surface area contributed by atoms with Gasteiger partial charge in [0.05, 0.1) is 12.3 Å². The summed E-state index contributed by atoms with van der Waals surface area (Å²) in [4.78, 5) is 24.8. The van der Waals surface area contributed by atoms with Crippen molar-refractivity contribution in [1.29, 1.82) is 0 Å². The monoisotopic (exact) mass is 389 g/mol. The van der Waals surface area contributed by atoms with E-state index in [0.29, 0.717) is 12.3 Å². The number of carbonyl (C=O) groups excluding carboxylic acids is 1. The van der Waals surface area contributed by atoms with Crippen LogP contribution < -0.4 is 5.32 Å². The summed E-state index contributed by atoms with van der Waals surface area (Å²) in [6, 6.07) is 4.03. The minimum Gasteiger partial charge on any atom is -0.350 e. The quantitative estimate of drug-likeness (QED) is 0.522. The summed E-state index contributed by atoms with van der Waals surface area (Å²) in [6.45, 7) is 2.91. The van der Waals surface area contributed by atoms with Gasteiger partial charge < -0.3 is 5.32 Å². The summed E-state index contributed by atoms with van der Waals surface area (Å²) in [5.41, 5.74) is 1.42. The molecule has 25 heavy (non-hydrogen) atoms. The predicted molar refractivity (Wildman–Crippen MR) is 105 cm³/mol. The van der Waals surface area contributed by atoms with Crippen molar-refractivity contribution in [2.45, 2.75) is 37.8 Å². The third-order valence-electron chi connectivity index (χ3n) is 4.44. The first-order valence-corrected chi connectivity index (χ1v) is 11.1. The molecule has 1 aliphatic rings. The van der Waals surface area contributed by atoms with Crippen LogP contribution in [0.4, 0.5) is 0 Å². The van der Waals surface area contributed by atoms with Gasteiger partial charge in [-0.1, -0.05) is 24.8 Å². The normalized spacial score (nSPS) is 16.8. The van der Waals surface area contributed by atoms with Crippen LogP contribution in [0, 0.1) is 5.92 Å². The smallest absolute Gasteiger partial charge is 0.230 e. The summed E-state index contributed by atoms with van der Waals surface area (Å²) >= 11 is 4.97. The number of amides is 1. The van der Waals surface area contributed by atoms with E-state index >= 15 is 0 Å². The molecule has 0 saturated carbocycles. The van der Waals surface area contributed by atoms with Gasteiger partial charge in [0, 0.05) is 15.1 Å². The van der Waals surface area contributed by atoms with E-state index < -0.39 is 0 Å². The highest BCUT2D eigenvalue weighted by molar-refractivity contribution is 8.00. The highest BCUT2D eigenvalue weighted by atomic mass is 32.2. The maximum atomic E-state index is 12.1. The number of aryl methyl sites for hydroxylation is 1. The average Bonchev–Trinajstić information content (AvgIpc) is 3.24. The Bertz CT molecular complexity index is 888. The largest absolute Gasteiger partial charge is 0.350 e. The first-order chi connectivity index (χ1) is 12.2. The lowest BCUT2D eigenvalue weighted by atomic mass is 9.89. The summed E-state index contributed by atoms with van der Waals surface area (Å²) in [6.07, 6.45) is 5.09. The predicted octanol–water partition coefficient (Wildman–Crippen LogP) is 4.29. The molecule has 0 aromatic carbocycles. The summed E-state index contributed by atoms with van der Waals surface area (Å²) in [5, 5.41) is 7.13. The first kappa shape index (κ1) is 17.0. The molecule has 3 aromatic rings. The molecule has 1 amide bonds. The molecule has 4 rings (SSSR count). The van der Waals surface area contributed by atoms with Crippen LogP contribution in [0.5, 0.6) is 0 Å². The van der Waals surface area contributed by atoms with Crippen LogP contribution in [0.15, 0.2) is 28.9 Å². The number of nitrogens with zero attached hydrogens (tertiary/aromatic N) is 2. The van der Waals surface area contributed by atoms with E-state index in [0.717, 1.165) is 28.6 Å². The van der Waals surface area contributed by atoms with Gasteiger partial charge in [0.1, 0.15) is 16.2 Å². The fourth-order valence-corrected chi connectivity index (χ4v) is 6.05. The first-order valence-electron chi connectivity index (χ1n) is 8.38. The second-order valence-corrected chi connectivity index (χ2v) is 9.44. The van der Waals surface area contributed by atoms with Gasteiger partial charge in [-0.2, -0.15) is 0 Å². The number of nitrogens with one attached hydrogen (secondary N) is 1. The molecule has 0 radical (unpaired) electrons. The molecular formula is C18H19N3OS3. The molecule has 7 heteroatoms. The third kappa shape index (κ3) is 3.73. The molecule has 1 N–H and O–H groups in total. The number of thiophene rings is 2. The van der Waals surface area contributed by atoms with E-state index in [-0.39, 0.29) is 5.91 Å². The Kier molecular flexibility index (Phi) is 5.05. The van der Waals surface area contributed by atoms with Crippen molar-refractivity contribution < 1.29 is 4.79 Å². The average molecular weight is 390 g/mol. The van der Waals surface area contributed by atoms with Crippen molar-refractivity contribution in [3.8, 4) is 0 Å². The van der Waals surface area contributed by atoms with Gasteiger partial charge in [-0.15, -0.1) is 22.7 Å². The Balaban J connectivity index is 1.47. The molecule has 3 aromatic heterocycles. The van der Waals surface area contributed by atoms with Gasteiger partial charge in [0.25, 0.3) is 0 Å². The number of hydrogen-bond donors (Lipinski definition) is 1. The van der Waals surface area contributed by atoms with E-state index in [1.807, 2.05) is 17.5 Å². The lowest BCUT2D eigenvalue weighted by Gasteiger charge is -2.18. The number of carbonyl (C=O) groups is 1. The maximum Gasteiger partial charge on any atom is 0.230 e.